The topological polar surface area (TPSA) is 107 Å². The van der Waals surface area contributed by atoms with Crippen LogP contribution in [0.4, 0.5) is 0 Å². The lowest BCUT2D eigenvalue weighted by atomic mass is 9.35. The van der Waals surface area contributed by atoms with Gasteiger partial charge in [0.15, 0.2) is 11.5 Å². The highest BCUT2D eigenvalue weighted by molar-refractivity contribution is 5.87. The first-order valence-corrected chi connectivity index (χ1v) is 17.3. The van der Waals surface area contributed by atoms with E-state index in [0.29, 0.717) is 29.7 Å². The minimum Gasteiger partial charge on any atom is -0.504 e. The van der Waals surface area contributed by atoms with E-state index in [1.807, 2.05) is 19.1 Å². The molecule has 45 heavy (non-hydrogen) atoms. The first kappa shape index (κ1) is 34.0. The number of carbonyl (C=O) groups excluding carboxylic acids is 1. The number of esters is 1. The second-order valence-electron chi connectivity index (χ2n) is 17.3. The monoisotopic (exact) mass is 622 g/mol. The fraction of sp³-hybridized carbons (Fsp3) is 0.718. The molecule has 1 aromatic carbocycles. The number of fused-ring (bicyclic) bond motifs is 5. The van der Waals surface area contributed by atoms with E-state index in [9.17, 15) is 25.2 Å². The number of phenolic OH excluding ortho intramolecular Hbond substituents is 2. The fourth-order valence-electron chi connectivity index (χ4n) is 11.4. The Balaban J connectivity index is 1.31. The Labute approximate surface area is 271 Å². The van der Waals surface area contributed by atoms with Gasteiger partial charge in [-0.3, -0.25) is 0 Å². The van der Waals surface area contributed by atoms with Crippen LogP contribution in [0, 0.1) is 45.3 Å². The van der Waals surface area contributed by atoms with Crippen LogP contribution in [0.2, 0.25) is 0 Å². The zero-order valence-corrected chi connectivity index (χ0v) is 28.9. The number of ether oxygens (including phenoxy) is 1. The van der Waals surface area contributed by atoms with Crippen molar-refractivity contribution in [2.24, 2.45) is 45.3 Å². The number of hydrogen-bond acceptors (Lipinski definition) is 6. The van der Waals surface area contributed by atoms with E-state index in [1.165, 1.54) is 24.6 Å². The summed E-state index contributed by atoms with van der Waals surface area (Å²) in [5.41, 5.74) is -0.707. The molecule has 4 N–H and O–H groups in total. The SMILES string of the molecule is CC(C)(O)C=CC[C@](C)(O)[C@H]1CC[C@]2(C)[C@@H]1CC[C@@H]1[C@@]3(C)CC[C@H](OC(=O)C=Cc4ccc(O)c(O)c4)C(C)(C)[C@@H]3CC[C@]12C. The zero-order valence-electron chi connectivity index (χ0n) is 28.9. The van der Waals surface area contributed by atoms with Gasteiger partial charge in [-0.2, -0.15) is 0 Å². The maximum atomic E-state index is 13.0. The molecule has 0 aromatic heterocycles. The Hall–Kier alpha value is -2.31. The summed E-state index contributed by atoms with van der Waals surface area (Å²) in [6.45, 7) is 17.8. The van der Waals surface area contributed by atoms with Gasteiger partial charge in [0, 0.05) is 11.5 Å². The second-order valence-corrected chi connectivity index (χ2v) is 17.3. The van der Waals surface area contributed by atoms with Crippen LogP contribution in [0.1, 0.15) is 119 Å². The van der Waals surface area contributed by atoms with Gasteiger partial charge >= 0.3 is 5.97 Å². The van der Waals surface area contributed by atoms with Gasteiger partial charge < -0.3 is 25.2 Å². The maximum absolute atomic E-state index is 13.0. The number of aromatic hydroxyl groups is 2. The summed E-state index contributed by atoms with van der Waals surface area (Å²) in [5, 5.41) is 41.3. The molecule has 4 aliphatic rings. The zero-order chi connectivity index (χ0) is 33.2. The Kier molecular flexibility index (Phi) is 8.65. The van der Waals surface area contributed by atoms with Crippen molar-refractivity contribution in [3.05, 3.63) is 42.0 Å². The molecule has 0 unspecified atom stereocenters. The van der Waals surface area contributed by atoms with Gasteiger partial charge in [-0.15, -0.1) is 0 Å². The normalized spacial score (nSPS) is 39.2. The van der Waals surface area contributed by atoms with E-state index in [-0.39, 0.29) is 51.2 Å². The van der Waals surface area contributed by atoms with Gasteiger partial charge in [0.1, 0.15) is 6.10 Å². The van der Waals surface area contributed by atoms with E-state index < -0.39 is 11.2 Å². The van der Waals surface area contributed by atoms with Crippen LogP contribution < -0.4 is 0 Å². The summed E-state index contributed by atoms with van der Waals surface area (Å²) in [5.74, 6) is 0.979. The summed E-state index contributed by atoms with van der Waals surface area (Å²) in [6, 6.07) is 4.47. The Morgan fingerprint density at radius 3 is 2.24 bits per heavy atom. The smallest absolute Gasteiger partial charge is 0.331 e. The predicted octanol–water partition coefficient (Wildman–Crippen LogP) is 8.18. The Morgan fingerprint density at radius 2 is 1.58 bits per heavy atom. The van der Waals surface area contributed by atoms with Crippen LogP contribution in [-0.4, -0.2) is 43.7 Å². The quantitative estimate of drug-likeness (QED) is 0.106. The molecule has 6 nitrogen and oxygen atoms in total. The van der Waals surface area contributed by atoms with E-state index in [4.69, 9.17) is 4.74 Å². The predicted molar refractivity (Wildman–Crippen MR) is 178 cm³/mol. The van der Waals surface area contributed by atoms with E-state index >= 15 is 0 Å². The average molecular weight is 623 g/mol. The summed E-state index contributed by atoms with van der Waals surface area (Å²) >= 11 is 0. The summed E-state index contributed by atoms with van der Waals surface area (Å²) in [6.07, 6.45) is 15.9. The third-order valence-corrected chi connectivity index (χ3v) is 13.9. The number of benzene rings is 1. The molecule has 9 atom stereocenters. The van der Waals surface area contributed by atoms with Gasteiger partial charge in [-0.25, -0.2) is 4.79 Å². The lowest BCUT2D eigenvalue weighted by molar-refractivity contribution is -0.229. The van der Waals surface area contributed by atoms with Crippen molar-refractivity contribution in [3.8, 4) is 11.5 Å². The molecule has 250 valence electrons. The highest BCUT2D eigenvalue weighted by Gasteiger charge is 2.69. The molecular weight excluding hydrogens is 564 g/mol. The van der Waals surface area contributed by atoms with E-state index in [1.54, 1.807) is 26.0 Å². The molecule has 5 rings (SSSR count). The highest BCUT2D eigenvalue weighted by Crippen LogP contribution is 2.76. The molecule has 4 fully saturated rings. The van der Waals surface area contributed by atoms with Crippen molar-refractivity contribution in [2.45, 2.75) is 130 Å². The number of rotatable bonds is 7. The second kappa shape index (κ2) is 11.4. The molecule has 4 aliphatic carbocycles. The van der Waals surface area contributed by atoms with Crippen molar-refractivity contribution >= 4 is 12.0 Å². The molecule has 0 spiro atoms. The summed E-state index contributed by atoms with van der Waals surface area (Å²) in [7, 11) is 0. The maximum Gasteiger partial charge on any atom is 0.331 e. The molecule has 0 saturated heterocycles. The largest absolute Gasteiger partial charge is 0.504 e. The summed E-state index contributed by atoms with van der Waals surface area (Å²) < 4.78 is 6.14. The van der Waals surface area contributed by atoms with Crippen molar-refractivity contribution in [1.29, 1.82) is 0 Å². The molecule has 6 heteroatoms. The first-order chi connectivity index (χ1) is 20.7. The van der Waals surface area contributed by atoms with Crippen molar-refractivity contribution in [1.82, 2.24) is 0 Å². The van der Waals surface area contributed by atoms with Crippen LogP contribution in [0.15, 0.2) is 36.4 Å². The number of carbonyl (C=O) groups is 1. The van der Waals surface area contributed by atoms with E-state index in [2.05, 4.69) is 34.6 Å². The first-order valence-electron chi connectivity index (χ1n) is 17.3. The molecule has 0 heterocycles. The minimum absolute atomic E-state index is 0.156. The van der Waals surface area contributed by atoms with Crippen LogP contribution in [0.5, 0.6) is 11.5 Å². The number of hydrogen-bond donors (Lipinski definition) is 4. The lowest BCUT2D eigenvalue weighted by Crippen LogP contribution is -2.64. The summed E-state index contributed by atoms with van der Waals surface area (Å²) in [4.78, 5) is 13.0. The molecule has 1 aromatic rings. The third-order valence-electron chi connectivity index (χ3n) is 13.9. The number of phenols is 2. The van der Waals surface area contributed by atoms with Crippen LogP contribution in [0.3, 0.4) is 0 Å². The standard InChI is InChI=1S/C39H58O6/c1-34(2,43)19-9-20-39(8,44)27-16-22-37(6)26(27)12-14-31-36(5)21-18-32(35(3,4)30(36)17-23-38(31,37)7)45-33(42)15-11-25-10-13-28(40)29(41)24-25/h9-11,13,15,19,24,26-27,30-32,40-41,43-44H,12,14,16-18,20-23H2,1-8H3/t26-,27+,30+,31-,32+,36+,37-,38-,39+/m1/s1. The molecule has 0 amide bonds. The van der Waals surface area contributed by atoms with Gasteiger partial charge in [-0.05, 0) is 142 Å². The third kappa shape index (κ3) is 5.88. The van der Waals surface area contributed by atoms with Gasteiger partial charge in [0.05, 0.1) is 11.2 Å². The van der Waals surface area contributed by atoms with Crippen LogP contribution in [-0.2, 0) is 9.53 Å². The van der Waals surface area contributed by atoms with Gasteiger partial charge in [0.25, 0.3) is 0 Å². The average Bonchev–Trinajstić information content (AvgIpc) is 3.29. The van der Waals surface area contributed by atoms with Gasteiger partial charge in [0.2, 0.25) is 0 Å². The minimum atomic E-state index is -0.875. The fourth-order valence-corrected chi connectivity index (χ4v) is 11.4. The van der Waals surface area contributed by atoms with Crippen molar-refractivity contribution in [3.63, 3.8) is 0 Å². The number of aliphatic hydroxyl groups is 2. The molecular formula is C39H58O6. The Bertz CT molecular complexity index is 1340. The molecule has 0 radical (unpaired) electrons. The highest BCUT2D eigenvalue weighted by atomic mass is 16.5. The molecule has 0 aliphatic heterocycles. The molecule has 0 bridgehead atoms. The lowest BCUT2D eigenvalue weighted by Gasteiger charge is -2.70. The van der Waals surface area contributed by atoms with Crippen molar-refractivity contribution in [2.75, 3.05) is 0 Å². The Morgan fingerprint density at radius 1 is 0.889 bits per heavy atom. The molecule has 4 saturated carbocycles. The van der Waals surface area contributed by atoms with Crippen molar-refractivity contribution < 1.29 is 30.0 Å². The van der Waals surface area contributed by atoms with Crippen LogP contribution in [0.25, 0.3) is 6.08 Å². The van der Waals surface area contributed by atoms with E-state index in [0.717, 1.165) is 44.9 Å². The van der Waals surface area contributed by atoms with Crippen LogP contribution >= 0.6 is 0 Å². The van der Waals surface area contributed by atoms with Gasteiger partial charge in [-0.1, -0.05) is 52.8 Å².